The van der Waals surface area contributed by atoms with Crippen LogP contribution >= 0.6 is 0 Å². The van der Waals surface area contributed by atoms with E-state index in [0.29, 0.717) is 5.57 Å². The second-order valence-corrected chi connectivity index (χ2v) is 9.51. The monoisotopic (exact) mass is 511 g/mol. The number of ether oxygens (including phenoxy) is 2. The molecule has 1 aliphatic heterocycles. The Labute approximate surface area is 217 Å². The molecule has 198 valence electrons. The number of allylic oxidation sites excluding steroid dienone is 2. The molecular formula is C28H34FN3O5. The molecule has 37 heavy (non-hydrogen) atoms. The van der Waals surface area contributed by atoms with Crippen molar-refractivity contribution in [3.8, 4) is 0 Å². The summed E-state index contributed by atoms with van der Waals surface area (Å²) in [6.07, 6.45) is 3.23. The Morgan fingerprint density at radius 1 is 1.19 bits per heavy atom. The maximum absolute atomic E-state index is 14.3. The molecule has 2 rings (SSSR count). The topological polar surface area (TPSA) is 88.5 Å². The molecular weight excluding hydrogens is 477 g/mol. The molecule has 0 bridgehead atoms. The van der Waals surface area contributed by atoms with Crippen molar-refractivity contribution in [3.63, 3.8) is 0 Å². The first kappa shape index (κ1) is 29.2. The van der Waals surface area contributed by atoms with E-state index in [1.807, 2.05) is 0 Å². The molecule has 0 saturated heterocycles. The molecule has 3 amide bonds. The molecule has 0 fully saturated rings. The number of rotatable bonds is 7. The Hall–Kier alpha value is -4.01. The fraction of sp³-hybridized carbons (Fsp3) is 0.357. The summed E-state index contributed by atoms with van der Waals surface area (Å²) in [4.78, 5) is 45.8. The summed E-state index contributed by atoms with van der Waals surface area (Å²) in [7, 11) is 0. The number of carbonyl (C=O) groups excluding carboxylic acids is 3. The minimum Gasteiger partial charge on any atom is -0.444 e. The number of anilines is 1. The average Bonchev–Trinajstić information content (AvgIpc) is 2.83. The van der Waals surface area contributed by atoms with Crippen molar-refractivity contribution in [2.75, 3.05) is 24.6 Å². The van der Waals surface area contributed by atoms with Gasteiger partial charge < -0.3 is 14.4 Å². The van der Waals surface area contributed by atoms with Gasteiger partial charge in [0.2, 0.25) is 0 Å². The van der Waals surface area contributed by atoms with Crippen LogP contribution < -0.4 is 4.90 Å². The number of hydrogen-bond acceptors (Lipinski definition) is 6. The van der Waals surface area contributed by atoms with Crippen LogP contribution in [0.4, 0.5) is 19.7 Å². The van der Waals surface area contributed by atoms with Gasteiger partial charge in [-0.3, -0.25) is 9.79 Å². The normalized spacial score (nSPS) is 14.1. The number of nitrogens with zero attached hydrogens (tertiary/aromatic N) is 3. The van der Waals surface area contributed by atoms with Crippen LogP contribution in [0.5, 0.6) is 0 Å². The van der Waals surface area contributed by atoms with Gasteiger partial charge in [0.15, 0.2) is 0 Å². The summed E-state index contributed by atoms with van der Waals surface area (Å²) < 4.78 is 25.2. The van der Waals surface area contributed by atoms with Crippen molar-refractivity contribution < 1.29 is 28.2 Å². The minimum atomic E-state index is -0.960. The van der Waals surface area contributed by atoms with E-state index in [1.165, 1.54) is 43.0 Å². The van der Waals surface area contributed by atoms with Gasteiger partial charge in [-0.2, -0.15) is 0 Å². The van der Waals surface area contributed by atoms with Gasteiger partial charge in [-0.15, -0.1) is 0 Å². The van der Waals surface area contributed by atoms with Gasteiger partial charge >= 0.3 is 12.2 Å². The number of aliphatic imine (C=N–C) groups is 1. The first-order chi connectivity index (χ1) is 17.3. The molecule has 0 N–H and O–H groups in total. The van der Waals surface area contributed by atoms with Gasteiger partial charge in [0.05, 0.1) is 17.9 Å². The molecule has 9 heteroatoms. The van der Waals surface area contributed by atoms with Gasteiger partial charge in [-0.05, 0) is 76.6 Å². The second-order valence-electron chi connectivity index (χ2n) is 9.51. The lowest BCUT2D eigenvalue weighted by Gasteiger charge is -2.32. The Balaban J connectivity index is 2.47. The first-order valence-corrected chi connectivity index (χ1v) is 11.7. The highest BCUT2D eigenvalue weighted by Crippen LogP contribution is 2.28. The zero-order valence-electron chi connectivity index (χ0n) is 22.1. The molecule has 0 spiro atoms. The lowest BCUT2D eigenvalue weighted by molar-refractivity contribution is -0.115. The zero-order valence-corrected chi connectivity index (χ0v) is 22.1. The Kier molecular flexibility index (Phi) is 9.71. The van der Waals surface area contributed by atoms with E-state index in [4.69, 9.17) is 9.47 Å². The van der Waals surface area contributed by atoms with Crippen molar-refractivity contribution in [1.29, 1.82) is 0 Å². The Bertz CT molecular complexity index is 1150. The first-order valence-electron chi connectivity index (χ1n) is 11.7. The molecule has 0 radical (unpaired) electrons. The summed E-state index contributed by atoms with van der Waals surface area (Å²) in [6.45, 7) is 19.1. The third-order valence-electron chi connectivity index (χ3n) is 5.44. The highest BCUT2D eigenvalue weighted by atomic mass is 19.1. The van der Waals surface area contributed by atoms with E-state index in [-0.39, 0.29) is 54.2 Å². The van der Waals surface area contributed by atoms with Crippen molar-refractivity contribution in [3.05, 3.63) is 77.3 Å². The van der Waals surface area contributed by atoms with Gasteiger partial charge in [-0.25, -0.2) is 18.9 Å². The molecule has 8 nitrogen and oxygen atoms in total. The summed E-state index contributed by atoms with van der Waals surface area (Å²) in [6, 6.07) is 2.79. The van der Waals surface area contributed by atoms with E-state index in [2.05, 4.69) is 24.9 Å². The van der Waals surface area contributed by atoms with E-state index < -0.39 is 29.5 Å². The quantitative estimate of drug-likeness (QED) is 0.341. The van der Waals surface area contributed by atoms with Crippen LogP contribution in [0.25, 0.3) is 0 Å². The van der Waals surface area contributed by atoms with E-state index in [1.54, 1.807) is 26.8 Å². The maximum Gasteiger partial charge on any atom is 0.421 e. The summed E-state index contributed by atoms with van der Waals surface area (Å²) in [5.41, 5.74) is 0.961. The SMILES string of the molecule is C=C/C=C(\C=C)COC(=O)N(C(=O)C1=C(N=C)CN(C(=O)OC(C)(C)C)CC1)c1cc(C)c(F)c(C)c1. The van der Waals surface area contributed by atoms with Crippen molar-refractivity contribution in [2.24, 2.45) is 4.99 Å². The third kappa shape index (κ3) is 7.49. The summed E-state index contributed by atoms with van der Waals surface area (Å²) in [5.74, 6) is -1.14. The van der Waals surface area contributed by atoms with Crippen LogP contribution in [-0.4, -0.2) is 55.0 Å². The van der Waals surface area contributed by atoms with E-state index >= 15 is 0 Å². The number of hydrogen-bond donors (Lipinski definition) is 0. The number of amides is 3. The smallest absolute Gasteiger partial charge is 0.421 e. The fourth-order valence-corrected chi connectivity index (χ4v) is 3.63. The van der Waals surface area contributed by atoms with Crippen LogP contribution in [0, 0.1) is 19.7 Å². The molecule has 0 atom stereocenters. The van der Waals surface area contributed by atoms with Crippen LogP contribution in [0.1, 0.15) is 38.3 Å². The summed E-state index contributed by atoms with van der Waals surface area (Å²) in [5, 5.41) is 0. The van der Waals surface area contributed by atoms with Crippen molar-refractivity contribution in [1.82, 2.24) is 4.90 Å². The zero-order chi connectivity index (χ0) is 27.9. The highest BCUT2D eigenvalue weighted by Gasteiger charge is 2.34. The Morgan fingerprint density at radius 3 is 2.32 bits per heavy atom. The number of benzene rings is 1. The number of imide groups is 1. The van der Waals surface area contributed by atoms with Gasteiger partial charge in [0.1, 0.15) is 18.0 Å². The lowest BCUT2D eigenvalue weighted by Crippen LogP contribution is -2.44. The molecule has 1 aliphatic rings. The molecule has 1 aromatic carbocycles. The number of carbonyl (C=O) groups is 3. The lowest BCUT2D eigenvalue weighted by atomic mass is 10.0. The number of halogens is 1. The van der Waals surface area contributed by atoms with Crippen LogP contribution in [0.15, 0.2) is 65.4 Å². The highest BCUT2D eigenvalue weighted by molar-refractivity contribution is 6.19. The molecule has 1 heterocycles. The predicted molar refractivity (Wildman–Crippen MR) is 142 cm³/mol. The average molecular weight is 512 g/mol. The van der Waals surface area contributed by atoms with Gasteiger partial charge in [-0.1, -0.05) is 31.4 Å². The van der Waals surface area contributed by atoms with E-state index in [0.717, 1.165) is 4.90 Å². The molecule has 0 unspecified atom stereocenters. The van der Waals surface area contributed by atoms with Crippen LogP contribution in [-0.2, 0) is 14.3 Å². The second kappa shape index (κ2) is 12.3. The fourth-order valence-electron chi connectivity index (χ4n) is 3.63. The third-order valence-corrected chi connectivity index (χ3v) is 5.44. The molecule has 0 aromatic heterocycles. The molecule has 0 saturated carbocycles. The predicted octanol–water partition coefficient (Wildman–Crippen LogP) is 5.81. The van der Waals surface area contributed by atoms with Crippen molar-refractivity contribution in [2.45, 2.75) is 46.6 Å². The van der Waals surface area contributed by atoms with Crippen LogP contribution in [0.3, 0.4) is 0 Å². The molecule has 0 aliphatic carbocycles. The Morgan fingerprint density at radius 2 is 1.81 bits per heavy atom. The molecule has 1 aromatic rings. The van der Waals surface area contributed by atoms with Crippen LogP contribution in [0.2, 0.25) is 0 Å². The number of aryl methyl sites for hydroxylation is 2. The summed E-state index contributed by atoms with van der Waals surface area (Å²) >= 11 is 0. The maximum atomic E-state index is 14.3. The van der Waals surface area contributed by atoms with E-state index in [9.17, 15) is 18.8 Å². The van der Waals surface area contributed by atoms with Gasteiger partial charge in [0, 0.05) is 12.1 Å². The minimum absolute atomic E-state index is 0.0213. The van der Waals surface area contributed by atoms with Crippen molar-refractivity contribution >= 4 is 30.5 Å². The van der Waals surface area contributed by atoms with Gasteiger partial charge in [0.25, 0.3) is 5.91 Å². The standard InChI is InChI=1S/C28H34FN3O5/c1-9-11-20(10-2)17-36-27(35)32(21-14-18(3)24(29)19(4)15-21)25(33)22-12-13-31(16-23(22)30-8)26(34)37-28(5,6)7/h9-11,14-15H,1-2,8,12-13,16-17H2,3-7H3/b20-11+. The largest absolute Gasteiger partial charge is 0.444 e.